The molecule has 0 atom stereocenters. The van der Waals surface area contributed by atoms with Crippen LogP contribution >= 0.6 is 11.8 Å². The Morgan fingerprint density at radius 3 is 2.46 bits per heavy atom. The van der Waals surface area contributed by atoms with Crippen molar-refractivity contribution in [2.24, 2.45) is 0 Å². The van der Waals surface area contributed by atoms with Gasteiger partial charge in [0.25, 0.3) is 0 Å². The van der Waals surface area contributed by atoms with Gasteiger partial charge in [-0.2, -0.15) is 4.39 Å². The van der Waals surface area contributed by atoms with Gasteiger partial charge in [0.1, 0.15) is 5.82 Å². The van der Waals surface area contributed by atoms with E-state index in [-0.39, 0.29) is 0 Å². The molecule has 0 aliphatic carbocycles. The van der Waals surface area contributed by atoms with Gasteiger partial charge in [0.15, 0.2) is 11.0 Å². The number of aryl methyl sites for hydroxylation is 1. The summed E-state index contributed by atoms with van der Waals surface area (Å²) in [6.07, 6.45) is 5.66. The van der Waals surface area contributed by atoms with Crippen molar-refractivity contribution in [3.63, 3.8) is 0 Å². The fraction of sp³-hybridized carbons (Fsp3) is 0.529. The molecule has 0 aliphatic heterocycles. The molecule has 0 unspecified atom stereocenters. The van der Waals surface area contributed by atoms with Crippen LogP contribution in [0.4, 0.5) is 4.39 Å². The summed E-state index contributed by atoms with van der Waals surface area (Å²) in [5.74, 6) is 0.373. The zero-order valence-electron chi connectivity index (χ0n) is 14.7. The molecule has 2 heterocycles. The van der Waals surface area contributed by atoms with Crippen LogP contribution in [0.1, 0.15) is 38.1 Å². The van der Waals surface area contributed by atoms with E-state index in [4.69, 9.17) is 0 Å². The van der Waals surface area contributed by atoms with E-state index in [1.807, 2.05) is 6.26 Å². The molecule has 0 fully saturated rings. The Hall–Kier alpha value is -1.60. The molecular weight excluding hydrogens is 325 g/mol. The number of pyridine rings is 1. The van der Waals surface area contributed by atoms with Crippen molar-refractivity contribution in [3.8, 4) is 11.4 Å². The van der Waals surface area contributed by atoms with Crippen LogP contribution in [0.15, 0.2) is 17.4 Å². The van der Waals surface area contributed by atoms with Gasteiger partial charge in [0.2, 0.25) is 5.95 Å². The van der Waals surface area contributed by atoms with Crippen LogP contribution in [0.3, 0.4) is 0 Å². The molecule has 0 aliphatic rings. The summed E-state index contributed by atoms with van der Waals surface area (Å²) in [5, 5.41) is 0.584. The van der Waals surface area contributed by atoms with Crippen LogP contribution < -0.4 is 0 Å². The highest BCUT2D eigenvalue weighted by atomic mass is 32.2. The van der Waals surface area contributed by atoms with Crippen LogP contribution in [0, 0.1) is 12.9 Å². The highest BCUT2D eigenvalue weighted by molar-refractivity contribution is 7.98. The van der Waals surface area contributed by atoms with Crippen molar-refractivity contribution in [1.29, 1.82) is 0 Å². The minimum absolute atomic E-state index is 0.334. The van der Waals surface area contributed by atoms with Crippen LogP contribution in [-0.2, 0) is 6.54 Å². The maximum absolute atomic E-state index is 14.2. The Kier molecular flexibility index (Phi) is 7.05. The number of hydrogen-bond acceptors (Lipinski definition) is 6. The molecule has 0 radical (unpaired) electrons. The maximum atomic E-state index is 14.2. The zero-order valence-corrected chi connectivity index (χ0v) is 15.5. The highest BCUT2D eigenvalue weighted by Crippen LogP contribution is 2.22. The zero-order chi connectivity index (χ0) is 17.5. The molecule has 7 heteroatoms. The van der Waals surface area contributed by atoms with Gasteiger partial charge in [-0.25, -0.2) is 19.9 Å². The van der Waals surface area contributed by atoms with Crippen LogP contribution in [-0.4, -0.2) is 44.2 Å². The van der Waals surface area contributed by atoms with Gasteiger partial charge in [0.05, 0.1) is 5.56 Å². The molecule has 0 aromatic carbocycles. The number of thioether (sulfide) groups is 1. The average molecular weight is 349 g/mol. The number of aromatic nitrogens is 4. The van der Waals surface area contributed by atoms with E-state index in [2.05, 4.69) is 38.7 Å². The van der Waals surface area contributed by atoms with Gasteiger partial charge in [0, 0.05) is 12.7 Å². The van der Waals surface area contributed by atoms with Crippen LogP contribution in [0.5, 0.6) is 0 Å². The van der Waals surface area contributed by atoms with Crippen molar-refractivity contribution in [2.45, 2.75) is 45.3 Å². The standard InChI is InChI=1S/C17H24FN5S/c1-5-7-23(8-6-2)11-13-9-14(15(18)19-10-13)16-20-12(3)21-17(22-16)24-4/h9-10H,5-8,11H2,1-4H3. The van der Waals surface area contributed by atoms with E-state index < -0.39 is 5.95 Å². The molecule has 24 heavy (non-hydrogen) atoms. The molecule has 130 valence electrons. The summed E-state index contributed by atoms with van der Waals surface area (Å²) in [5.41, 5.74) is 1.30. The molecule has 2 aromatic heterocycles. The lowest BCUT2D eigenvalue weighted by atomic mass is 10.1. The molecule has 2 rings (SSSR count). The fourth-order valence-electron chi connectivity index (χ4n) is 2.56. The Balaban J connectivity index is 2.33. The normalized spacial score (nSPS) is 11.2. The predicted molar refractivity (Wildman–Crippen MR) is 95.4 cm³/mol. The minimum atomic E-state index is -0.547. The molecule has 0 N–H and O–H groups in total. The first-order valence-electron chi connectivity index (χ1n) is 8.21. The van der Waals surface area contributed by atoms with Crippen molar-refractivity contribution in [2.75, 3.05) is 19.3 Å². The van der Waals surface area contributed by atoms with Crippen molar-refractivity contribution >= 4 is 11.8 Å². The number of nitrogens with zero attached hydrogens (tertiary/aromatic N) is 5. The minimum Gasteiger partial charge on any atom is -0.299 e. The molecule has 5 nitrogen and oxygen atoms in total. The predicted octanol–water partition coefficient (Wildman–Crippen LogP) is 3.73. The largest absolute Gasteiger partial charge is 0.299 e. The maximum Gasteiger partial charge on any atom is 0.223 e. The van der Waals surface area contributed by atoms with Gasteiger partial charge < -0.3 is 0 Å². The lowest BCUT2D eigenvalue weighted by Crippen LogP contribution is -2.25. The fourth-order valence-corrected chi connectivity index (χ4v) is 2.97. The monoisotopic (exact) mass is 349 g/mol. The summed E-state index contributed by atoms with van der Waals surface area (Å²) >= 11 is 1.41. The first kappa shape index (κ1) is 18.7. The van der Waals surface area contributed by atoms with Crippen LogP contribution in [0.25, 0.3) is 11.4 Å². The third-order valence-electron chi connectivity index (χ3n) is 3.53. The summed E-state index contributed by atoms with van der Waals surface area (Å²) < 4.78 is 14.2. The summed E-state index contributed by atoms with van der Waals surface area (Å²) in [6.45, 7) is 8.89. The van der Waals surface area contributed by atoms with E-state index in [1.54, 1.807) is 19.2 Å². The topological polar surface area (TPSA) is 54.8 Å². The quantitative estimate of drug-likeness (QED) is 0.535. The molecule has 0 amide bonds. The van der Waals surface area contributed by atoms with E-state index in [9.17, 15) is 4.39 Å². The number of halogens is 1. The van der Waals surface area contributed by atoms with E-state index in [0.29, 0.717) is 22.4 Å². The first-order chi connectivity index (χ1) is 11.6. The van der Waals surface area contributed by atoms with E-state index in [1.165, 1.54) is 11.8 Å². The van der Waals surface area contributed by atoms with E-state index in [0.717, 1.165) is 38.0 Å². The summed E-state index contributed by atoms with van der Waals surface area (Å²) in [7, 11) is 0. The third kappa shape index (κ3) is 4.95. The molecule has 0 spiro atoms. The van der Waals surface area contributed by atoms with Crippen molar-refractivity contribution in [3.05, 3.63) is 29.6 Å². The summed E-state index contributed by atoms with van der Waals surface area (Å²) in [6, 6.07) is 1.81. The molecule has 2 aromatic rings. The Morgan fingerprint density at radius 1 is 1.12 bits per heavy atom. The second-order valence-corrected chi connectivity index (χ2v) is 6.42. The van der Waals surface area contributed by atoms with Gasteiger partial charge in [-0.1, -0.05) is 25.6 Å². The molecule has 0 saturated carbocycles. The van der Waals surface area contributed by atoms with Gasteiger partial charge >= 0.3 is 0 Å². The van der Waals surface area contributed by atoms with Gasteiger partial charge in [-0.05, 0) is 50.7 Å². The smallest absolute Gasteiger partial charge is 0.223 e. The Labute approximate surface area is 147 Å². The highest BCUT2D eigenvalue weighted by Gasteiger charge is 2.14. The average Bonchev–Trinajstić information content (AvgIpc) is 2.56. The number of hydrogen-bond donors (Lipinski definition) is 0. The second-order valence-electron chi connectivity index (χ2n) is 5.65. The Morgan fingerprint density at radius 2 is 1.83 bits per heavy atom. The SMILES string of the molecule is CCCN(CCC)Cc1cnc(F)c(-c2nc(C)nc(SC)n2)c1. The van der Waals surface area contributed by atoms with Crippen LogP contribution in [0.2, 0.25) is 0 Å². The molecule has 0 bridgehead atoms. The van der Waals surface area contributed by atoms with Gasteiger partial charge in [-0.15, -0.1) is 0 Å². The lowest BCUT2D eigenvalue weighted by Gasteiger charge is -2.21. The summed E-state index contributed by atoms with van der Waals surface area (Å²) in [4.78, 5) is 19.1. The second kappa shape index (κ2) is 9.03. The van der Waals surface area contributed by atoms with Gasteiger partial charge in [-0.3, -0.25) is 4.90 Å². The lowest BCUT2D eigenvalue weighted by molar-refractivity contribution is 0.266. The molecular formula is C17H24FN5S. The first-order valence-corrected chi connectivity index (χ1v) is 9.43. The third-order valence-corrected chi connectivity index (χ3v) is 4.08. The van der Waals surface area contributed by atoms with E-state index >= 15 is 0 Å². The molecule has 0 saturated heterocycles. The number of rotatable bonds is 8. The Bertz CT molecular complexity index is 674. The van der Waals surface area contributed by atoms with Crippen molar-refractivity contribution in [1.82, 2.24) is 24.8 Å². The van der Waals surface area contributed by atoms with Crippen molar-refractivity contribution < 1.29 is 4.39 Å².